The molecule has 11 heteroatoms. The van der Waals surface area contributed by atoms with Gasteiger partial charge in [0.1, 0.15) is 0 Å². The maximum absolute atomic E-state index is 11.0. The first-order valence-corrected chi connectivity index (χ1v) is 10.7. The maximum Gasteiger partial charge on any atom is 0.469 e. The number of hydrogen-bond acceptors (Lipinski definition) is 5. The van der Waals surface area contributed by atoms with Crippen LogP contribution in [0.15, 0.2) is 18.2 Å². The molecule has 0 amide bonds. The number of rotatable bonds is 7. The molecular formula is C14H23NO8P2. The SMILES string of the molecule is Cc1ccc2c(c1)CCC(C(N)(COP(=O)(O)O)COP(=O)(O)O)C2. The van der Waals surface area contributed by atoms with E-state index in [4.69, 9.17) is 25.3 Å². The van der Waals surface area contributed by atoms with E-state index in [1.807, 2.05) is 19.1 Å². The van der Waals surface area contributed by atoms with E-state index in [-0.39, 0.29) is 5.92 Å². The first kappa shape index (κ1) is 20.7. The number of phosphoric ester groups is 2. The summed E-state index contributed by atoms with van der Waals surface area (Å²) in [5.41, 5.74) is 8.13. The fourth-order valence-corrected chi connectivity index (χ4v) is 3.88. The van der Waals surface area contributed by atoms with Gasteiger partial charge in [0.05, 0.1) is 18.8 Å². The van der Waals surface area contributed by atoms with Crippen LogP contribution in [-0.2, 0) is 31.0 Å². The molecule has 0 aliphatic heterocycles. The van der Waals surface area contributed by atoms with Crippen molar-refractivity contribution in [1.82, 2.24) is 0 Å². The molecule has 25 heavy (non-hydrogen) atoms. The predicted molar refractivity (Wildman–Crippen MR) is 89.6 cm³/mol. The Hall–Kier alpha value is -0.600. The van der Waals surface area contributed by atoms with Crippen molar-refractivity contribution in [2.24, 2.45) is 11.7 Å². The largest absolute Gasteiger partial charge is 0.469 e. The number of phosphoric acid groups is 2. The van der Waals surface area contributed by atoms with E-state index in [2.05, 4.69) is 15.1 Å². The minimum absolute atomic E-state index is 0.319. The number of benzene rings is 1. The first-order chi connectivity index (χ1) is 11.4. The van der Waals surface area contributed by atoms with Crippen molar-refractivity contribution in [1.29, 1.82) is 0 Å². The van der Waals surface area contributed by atoms with Crippen molar-refractivity contribution in [2.75, 3.05) is 13.2 Å². The van der Waals surface area contributed by atoms with Crippen molar-refractivity contribution in [3.8, 4) is 0 Å². The Morgan fingerprint density at radius 1 is 1.12 bits per heavy atom. The van der Waals surface area contributed by atoms with Crippen LogP contribution in [0.4, 0.5) is 0 Å². The van der Waals surface area contributed by atoms with Gasteiger partial charge in [-0.25, -0.2) is 9.13 Å². The molecule has 1 unspecified atom stereocenters. The zero-order valence-electron chi connectivity index (χ0n) is 13.7. The Balaban J connectivity index is 2.20. The number of aryl methyl sites for hydroxylation is 2. The third kappa shape index (κ3) is 6.25. The van der Waals surface area contributed by atoms with E-state index in [1.54, 1.807) is 0 Å². The van der Waals surface area contributed by atoms with Gasteiger partial charge in [-0.2, -0.15) is 0 Å². The van der Waals surface area contributed by atoms with E-state index in [1.165, 1.54) is 5.56 Å². The zero-order valence-corrected chi connectivity index (χ0v) is 15.5. The standard InChI is InChI=1S/C14H23NO8P2/c1-10-2-3-12-7-13(5-4-11(12)6-10)14(15,8-22-24(16,17)18)9-23-25(19,20)21/h2-3,6,13H,4-5,7-9,15H2,1H3,(H2,16,17,18)(H2,19,20,21). The van der Waals surface area contributed by atoms with Gasteiger partial charge >= 0.3 is 15.6 Å². The van der Waals surface area contributed by atoms with Gasteiger partial charge in [-0.3, -0.25) is 9.05 Å². The summed E-state index contributed by atoms with van der Waals surface area (Å²) in [6, 6.07) is 5.99. The molecule has 1 aliphatic carbocycles. The molecule has 0 heterocycles. The lowest BCUT2D eigenvalue weighted by Gasteiger charge is -2.39. The highest BCUT2D eigenvalue weighted by Crippen LogP contribution is 2.42. The first-order valence-electron chi connectivity index (χ1n) is 7.65. The summed E-state index contributed by atoms with van der Waals surface area (Å²) in [7, 11) is -9.56. The molecule has 6 N–H and O–H groups in total. The van der Waals surface area contributed by atoms with Gasteiger partial charge in [0, 0.05) is 0 Å². The molecule has 1 atom stereocenters. The summed E-state index contributed by atoms with van der Waals surface area (Å²) in [5.74, 6) is -0.319. The van der Waals surface area contributed by atoms with Gasteiger partial charge in [-0.05, 0) is 43.2 Å². The Morgan fingerprint density at radius 2 is 1.68 bits per heavy atom. The molecule has 0 saturated heterocycles. The van der Waals surface area contributed by atoms with Crippen LogP contribution in [0.5, 0.6) is 0 Å². The minimum atomic E-state index is -4.78. The van der Waals surface area contributed by atoms with E-state index < -0.39 is 34.4 Å². The lowest BCUT2D eigenvalue weighted by Crippen LogP contribution is -2.56. The monoisotopic (exact) mass is 395 g/mol. The average molecular weight is 395 g/mol. The normalized spacial score (nSPS) is 18.9. The van der Waals surface area contributed by atoms with Crippen LogP contribution in [0.3, 0.4) is 0 Å². The Bertz CT molecular complexity index is 687. The molecule has 1 aromatic rings. The van der Waals surface area contributed by atoms with E-state index in [0.717, 1.165) is 11.1 Å². The second kappa shape index (κ2) is 7.56. The molecule has 0 spiro atoms. The molecule has 1 aliphatic rings. The summed E-state index contributed by atoms with van der Waals surface area (Å²) in [6.45, 7) is 0.827. The Kier molecular flexibility index (Phi) is 6.27. The number of nitrogens with two attached hydrogens (primary N) is 1. The van der Waals surface area contributed by atoms with E-state index >= 15 is 0 Å². The highest BCUT2D eigenvalue weighted by atomic mass is 31.2. The van der Waals surface area contributed by atoms with Crippen LogP contribution in [0.1, 0.15) is 23.1 Å². The highest BCUT2D eigenvalue weighted by Gasteiger charge is 2.41. The van der Waals surface area contributed by atoms with Gasteiger partial charge in [-0.15, -0.1) is 0 Å². The number of fused-ring (bicyclic) bond motifs is 1. The molecule has 0 saturated carbocycles. The molecule has 1 aromatic carbocycles. The van der Waals surface area contributed by atoms with Gasteiger partial charge in [0.15, 0.2) is 0 Å². The van der Waals surface area contributed by atoms with Crippen LogP contribution in [0, 0.1) is 12.8 Å². The molecule has 0 radical (unpaired) electrons. The van der Waals surface area contributed by atoms with Crippen LogP contribution in [0.25, 0.3) is 0 Å². The van der Waals surface area contributed by atoms with Crippen LogP contribution >= 0.6 is 15.6 Å². The van der Waals surface area contributed by atoms with Crippen LogP contribution in [0.2, 0.25) is 0 Å². The van der Waals surface area contributed by atoms with Gasteiger partial charge in [-0.1, -0.05) is 23.8 Å². The molecule has 2 rings (SSSR count). The van der Waals surface area contributed by atoms with Crippen LogP contribution in [-0.4, -0.2) is 38.3 Å². The topological polar surface area (TPSA) is 160 Å². The second-order valence-electron chi connectivity index (χ2n) is 6.47. The smallest absolute Gasteiger partial charge is 0.321 e. The molecule has 9 nitrogen and oxygen atoms in total. The van der Waals surface area contributed by atoms with Crippen molar-refractivity contribution in [3.05, 3.63) is 34.9 Å². The third-order valence-corrected chi connectivity index (χ3v) is 5.34. The molecular weight excluding hydrogens is 372 g/mol. The number of hydrogen-bond donors (Lipinski definition) is 5. The average Bonchev–Trinajstić information content (AvgIpc) is 2.49. The van der Waals surface area contributed by atoms with Crippen molar-refractivity contribution in [3.63, 3.8) is 0 Å². The van der Waals surface area contributed by atoms with Crippen molar-refractivity contribution < 1.29 is 37.8 Å². The summed E-state index contributed by atoms with van der Waals surface area (Å²) in [6.07, 6.45) is 1.79. The summed E-state index contributed by atoms with van der Waals surface area (Å²) < 4.78 is 31.1. The molecule has 0 bridgehead atoms. The second-order valence-corrected chi connectivity index (χ2v) is 8.95. The van der Waals surface area contributed by atoms with Gasteiger partial charge in [0.25, 0.3) is 0 Å². The fraction of sp³-hybridized carbons (Fsp3) is 0.571. The third-order valence-electron chi connectivity index (χ3n) is 4.41. The zero-order chi connectivity index (χ0) is 18.9. The lowest BCUT2D eigenvalue weighted by atomic mass is 9.73. The molecule has 0 fully saturated rings. The predicted octanol–water partition coefficient (Wildman–Crippen LogP) is 1.02. The Labute approximate surface area is 145 Å². The van der Waals surface area contributed by atoms with Crippen molar-refractivity contribution >= 4 is 15.6 Å². The minimum Gasteiger partial charge on any atom is -0.321 e. The van der Waals surface area contributed by atoms with Gasteiger partial charge < -0.3 is 25.3 Å². The van der Waals surface area contributed by atoms with Gasteiger partial charge in [0.2, 0.25) is 0 Å². The summed E-state index contributed by atoms with van der Waals surface area (Å²) >= 11 is 0. The summed E-state index contributed by atoms with van der Waals surface area (Å²) in [4.78, 5) is 35.7. The fourth-order valence-electron chi connectivity index (χ4n) is 3.06. The molecule has 0 aromatic heterocycles. The van der Waals surface area contributed by atoms with Crippen molar-refractivity contribution in [2.45, 2.75) is 31.7 Å². The summed E-state index contributed by atoms with van der Waals surface area (Å²) in [5, 5.41) is 0. The highest BCUT2D eigenvalue weighted by molar-refractivity contribution is 7.46. The Morgan fingerprint density at radius 3 is 2.20 bits per heavy atom. The maximum atomic E-state index is 11.0. The molecule has 142 valence electrons. The van der Waals surface area contributed by atoms with E-state index in [9.17, 15) is 9.13 Å². The van der Waals surface area contributed by atoms with E-state index in [0.29, 0.717) is 19.3 Å². The lowest BCUT2D eigenvalue weighted by molar-refractivity contribution is 0.0593. The quantitative estimate of drug-likeness (QED) is 0.425. The van der Waals surface area contributed by atoms with Crippen LogP contribution < -0.4 is 5.73 Å².